The maximum atomic E-state index is 13.4. The Morgan fingerprint density at radius 1 is 1.00 bits per heavy atom. The third kappa shape index (κ3) is 6.54. The number of nitrogens with zero attached hydrogens (tertiary/aromatic N) is 2. The molecule has 3 aromatic rings. The third-order valence-electron chi connectivity index (χ3n) is 6.15. The number of alkyl halides is 3. The third-order valence-corrected chi connectivity index (χ3v) is 7.32. The van der Waals surface area contributed by atoms with E-state index in [2.05, 4.69) is 10.3 Å². The van der Waals surface area contributed by atoms with Crippen LogP contribution in [0.25, 0.3) is 0 Å². The maximum Gasteiger partial charge on any atom is 0.416 e. The molecule has 2 heterocycles. The first-order valence-electron chi connectivity index (χ1n) is 12.2. The molecule has 0 spiro atoms. The molecule has 1 saturated heterocycles. The Bertz CT molecular complexity index is 1400. The van der Waals surface area contributed by atoms with Crippen LogP contribution in [0.15, 0.2) is 77.8 Å². The lowest BCUT2D eigenvalue weighted by atomic mass is 10.1. The first-order chi connectivity index (χ1) is 18.8. The van der Waals surface area contributed by atoms with Gasteiger partial charge in [0.25, 0.3) is 0 Å². The number of nitrogens with one attached hydrogen (secondary N) is 1. The van der Waals surface area contributed by atoms with E-state index < -0.39 is 17.0 Å². The van der Waals surface area contributed by atoms with E-state index in [9.17, 15) is 22.8 Å². The van der Waals surface area contributed by atoms with Crippen LogP contribution in [0.5, 0.6) is 11.5 Å². The average molecular weight is 556 g/mol. The van der Waals surface area contributed by atoms with E-state index in [1.807, 2.05) is 30.3 Å². The second-order valence-corrected chi connectivity index (χ2v) is 10.1. The predicted octanol–water partition coefficient (Wildman–Crippen LogP) is 5.31. The van der Waals surface area contributed by atoms with Crippen molar-refractivity contribution >= 4 is 34.4 Å². The number of amides is 2. The van der Waals surface area contributed by atoms with E-state index in [0.717, 1.165) is 35.0 Å². The second kappa shape index (κ2) is 11.4. The first-order valence-corrected chi connectivity index (χ1v) is 13.1. The molecule has 5 rings (SSSR count). The minimum atomic E-state index is -4.53. The van der Waals surface area contributed by atoms with Crippen molar-refractivity contribution in [3.05, 3.63) is 89.5 Å². The Labute approximate surface area is 227 Å². The monoisotopic (exact) mass is 555 g/mol. The number of fused-ring (bicyclic) bond motifs is 1. The molecule has 0 bridgehead atoms. The molecule has 0 saturated carbocycles. The quantitative estimate of drug-likeness (QED) is 0.407. The molecular weight excluding hydrogens is 531 g/mol. The van der Waals surface area contributed by atoms with Gasteiger partial charge in [0.1, 0.15) is 5.25 Å². The number of carbonyl (C=O) groups is 2. The van der Waals surface area contributed by atoms with Crippen molar-refractivity contribution in [3.8, 4) is 11.5 Å². The van der Waals surface area contributed by atoms with Crippen LogP contribution in [0.3, 0.4) is 0 Å². The van der Waals surface area contributed by atoms with Gasteiger partial charge in [0.05, 0.1) is 17.8 Å². The molecule has 0 aliphatic carbocycles. The van der Waals surface area contributed by atoms with Gasteiger partial charge in [-0.2, -0.15) is 13.2 Å². The summed E-state index contributed by atoms with van der Waals surface area (Å²) in [7, 11) is 0. The molecule has 2 aliphatic rings. The molecule has 1 fully saturated rings. The highest BCUT2D eigenvalue weighted by molar-refractivity contribution is 8.15. The van der Waals surface area contributed by atoms with Crippen molar-refractivity contribution in [1.29, 1.82) is 0 Å². The molecule has 0 unspecified atom stereocenters. The minimum Gasteiger partial charge on any atom is -0.454 e. The number of hydrogen-bond donors (Lipinski definition) is 1. The van der Waals surface area contributed by atoms with Gasteiger partial charge in [-0.1, -0.05) is 54.2 Å². The lowest BCUT2D eigenvalue weighted by molar-refractivity contribution is -0.137. The van der Waals surface area contributed by atoms with Crippen LogP contribution >= 0.6 is 11.8 Å². The number of aliphatic imine (C=N–C) groups is 1. The fraction of sp³-hybridized carbons (Fsp3) is 0.250. The number of rotatable bonds is 8. The van der Waals surface area contributed by atoms with E-state index in [-0.39, 0.29) is 42.4 Å². The summed E-state index contributed by atoms with van der Waals surface area (Å²) in [5.74, 6) is 0.489. The summed E-state index contributed by atoms with van der Waals surface area (Å²) in [5, 5.41) is 2.30. The summed E-state index contributed by atoms with van der Waals surface area (Å²) < 4.78 is 50.5. The fourth-order valence-corrected chi connectivity index (χ4v) is 5.34. The number of hydrogen-bond acceptors (Lipinski definition) is 6. The molecule has 11 heteroatoms. The minimum absolute atomic E-state index is 0.0591. The number of halogens is 3. The summed E-state index contributed by atoms with van der Waals surface area (Å²) in [6.07, 6.45) is -3.96. The Morgan fingerprint density at radius 2 is 1.79 bits per heavy atom. The second-order valence-electron chi connectivity index (χ2n) is 8.95. The van der Waals surface area contributed by atoms with Crippen molar-refractivity contribution in [2.45, 2.75) is 30.8 Å². The van der Waals surface area contributed by atoms with Crippen LogP contribution in [0, 0.1) is 0 Å². The summed E-state index contributed by atoms with van der Waals surface area (Å²) >= 11 is 1.07. The zero-order chi connectivity index (χ0) is 27.4. The maximum absolute atomic E-state index is 13.4. The van der Waals surface area contributed by atoms with Crippen molar-refractivity contribution < 1.29 is 32.2 Å². The van der Waals surface area contributed by atoms with Gasteiger partial charge in [0.15, 0.2) is 16.7 Å². The standard InChI is InChI=1S/C28H24F3N3O4S/c29-28(30,31)20-7-4-8-21(14-20)33-27-34(16-19-9-10-22-23(13-19)38-17-37-22)26(36)24(39-27)15-25(35)32-12-11-18-5-2-1-3-6-18/h1-10,13-14,24H,11-12,15-17H2,(H,32,35)/t24-/m1/s1. The van der Waals surface area contributed by atoms with Gasteiger partial charge in [-0.05, 0) is 47.9 Å². The van der Waals surface area contributed by atoms with Gasteiger partial charge in [0, 0.05) is 13.0 Å². The number of amidine groups is 1. The van der Waals surface area contributed by atoms with Crippen LogP contribution in [0.2, 0.25) is 0 Å². The summed E-state index contributed by atoms with van der Waals surface area (Å²) in [6.45, 7) is 0.619. The highest BCUT2D eigenvalue weighted by Gasteiger charge is 2.39. The molecule has 39 heavy (non-hydrogen) atoms. The van der Waals surface area contributed by atoms with Gasteiger partial charge in [-0.25, -0.2) is 4.99 Å². The van der Waals surface area contributed by atoms with Gasteiger partial charge >= 0.3 is 6.18 Å². The molecule has 1 N–H and O–H groups in total. The van der Waals surface area contributed by atoms with Crippen LogP contribution in [0.4, 0.5) is 18.9 Å². The Hall–Kier alpha value is -3.99. The number of thioether (sulfide) groups is 1. The van der Waals surface area contributed by atoms with Crippen LogP contribution in [0.1, 0.15) is 23.1 Å². The van der Waals surface area contributed by atoms with Crippen LogP contribution in [-0.2, 0) is 28.7 Å². The smallest absolute Gasteiger partial charge is 0.416 e. The molecule has 2 aliphatic heterocycles. The first kappa shape index (κ1) is 26.6. The van der Waals surface area contributed by atoms with Crippen molar-refractivity contribution in [3.63, 3.8) is 0 Å². The van der Waals surface area contributed by atoms with E-state index in [4.69, 9.17) is 9.47 Å². The Balaban J connectivity index is 1.33. The van der Waals surface area contributed by atoms with E-state index in [1.165, 1.54) is 17.0 Å². The zero-order valence-electron chi connectivity index (χ0n) is 20.6. The lowest BCUT2D eigenvalue weighted by Gasteiger charge is -2.17. The zero-order valence-corrected chi connectivity index (χ0v) is 21.4. The van der Waals surface area contributed by atoms with Crippen molar-refractivity contribution in [2.24, 2.45) is 4.99 Å². The van der Waals surface area contributed by atoms with Crippen LogP contribution < -0.4 is 14.8 Å². The van der Waals surface area contributed by atoms with Gasteiger partial charge in [0.2, 0.25) is 18.6 Å². The SMILES string of the molecule is O=C(C[C@H]1SC(=Nc2cccc(C(F)(F)F)c2)N(Cc2ccc3c(c2)OCO3)C1=O)NCCc1ccccc1. The van der Waals surface area contributed by atoms with Crippen molar-refractivity contribution in [2.75, 3.05) is 13.3 Å². The Kier molecular flexibility index (Phi) is 7.78. The number of benzene rings is 3. The largest absolute Gasteiger partial charge is 0.454 e. The molecule has 0 radical (unpaired) electrons. The summed E-state index contributed by atoms with van der Waals surface area (Å²) in [4.78, 5) is 31.8. The normalized spacial score (nSPS) is 17.6. The lowest BCUT2D eigenvalue weighted by Crippen LogP contribution is -2.34. The number of carbonyl (C=O) groups excluding carboxylic acids is 2. The van der Waals surface area contributed by atoms with Crippen molar-refractivity contribution in [1.82, 2.24) is 10.2 Å². The molecule has 0 aromatic heterocycles. The van der Waals surface area contributed by atoms with E-state index in [0.29, 0.717) is 24.5 Å². The summed E-state index contributed by atoms with van der Waals surface area (Å²) in [5.41, 5.74) is 1.02. The van der Waals surface area contributed by atoms with Gasteiger partial charge in [-0.3, -0.25) is 14.5 Å². The highest BCUT2D eigenvalue weighted by atomic mass is 32.2. The average Bonchev–Trinajstić information content (AvgIpc) is 3.49. The van der Waals surface area contributed by atoms with Gasteiger partial charge in [-0.15, -0.1) is 0 Å². The molecular formula is C28H24F3N3O4S. The van der Waals surface area contributed by atoms with E-state index >= 15 is 0 Å². The number of ether oxygens (including phenoxy) is 2. The Morgan fingerprint density at radius 3 is 2.59 bits per heavy atom. The summed E-state index contributed by atoms with van der Waals surface area (Å²) in [6, 6.07) is 19.5. The van der Waals surface area contributed by atoms with Gasteiger partial charge < -0.3 is 14.8 Å². The highest BCUT2D eigenvalue weighted by Crippen LogP contribution is 2.37. The molecule has 3 aromatic carbocycles. The topological polar surface area (TPSA) is 80.2 Å². The molecule has 2 amide bonds. The molecule has 202 valence electrons. The molecule has 1 atom stereocenters. The predicted molar refractivity (Wildman–Crippen MR) is 141 cm³/mol. The fourth-order valence-electron chi connectivity index (χ4n) is 4.19. The van der Waals surface area contributed by atoms with Crippen LogP contribution in [-0.4, -0.2) is 40.5 Å². The van der Waals surface area contributed by atoms with E-state index in [1.54, 1.807) is 18.2 Å². The molecule has 7 nitrogen and oxygen atoms in total.